The summed E-state index contributed by atoms with van der Waals surface area (Å²) < 4.78 is 41.4. The molecule has 0 atom stereocenters. The minimum Gasteiger partial charge on any atom is -0.345 e. The summed E-state index contributed by atoms with van der Waals surface area (Å²) in [6.45, 7) is 1.96. The van der Waals surface area contributed by atoms with Gasteiger partial charge in [-0.15, -0.1) is 11.3 Å². The van der Waals surface area contributed by atoms with Crippen LogP contribution in [0, 0.1) is 5.82 Å². The normalized spacial score (nSPS) is 15.5. The van der Waals surface area contributed by atoms with Gasteiger partial charge in [-0.25, -0.2) is 17.8 Å². The molecule has 2 heterocycles. The summed E-state index contributed by atoms with van der Waals surface area (Å²) in [5.41, 5.74) is 1.77. The van der Waals surface area contributed by atoms with Crippen LogP contribution in [0.2, 0.25) is 5.02 Å². The van der Waals surface area contributed by atoms with E-state index in [2.05, 4.69) is 25.8 Å². The van der Waals surface area contributed by atoms with Gasteiger partial charge in [0.2, 0.25) is 10.0 Å². The van der Waals surface area contributed by atoms with Crippen LogP contribution in [0.15, 0.2) is 57.2 Å². The van der Waals surface area contributed by atoms with Crippen molar-refractivity contribution in [2.45, 2.75) is 11.3 Å². The summed E-state index contributed by atoms with van der Waals surface area (Å²) in [5.74, 6) is -0.435. The lowest BCUT2D eigenvalue weighted by Gasteiger charge is -2.33. The van der Waals surface area contributed by atoms with Gasteiger partial charge >= 0.3 is 0 Å². The molecule has 30 heavy (non-hydrogen) atoms. The van der Waals surface area contributed by atoms with E-state index in [9.17, 15) is 12.8 Å². The van der Waals surface area contributed by atoms with E-state index < -0.39 is 15.8 Å². The molecule has 1 aromatic heterocycles. The molecule has 0 spiro atoms. The fourth-order valence-electron chi connectivity index (χ4n) is 3.26. The third-order valence-electron chi connectivity index (χ3n) is 4.87. The van der Waals surface area contributed by atoms with Crippen LogP contribution in [0.4, 0.5) is 9.52 Å². The quantitative estimate of drug-likeness (QED) is 0.476. The summed E-state index contributed by atoms with van der Waals surface area (Å²) in [6.07, 6.45) is 0.564. The second kappa shape index (κ2) is 8.92. The third kappa shape index (κ3) is 4.70. The Labute approximate surface area is 192 Å². The number of sulfonamides is 1. The second-order valence-electron chi connectivity index (χ2n) is 6.89. The lowest BCUT2D eigenvalue weighted by molar-refractivity contribution is 0.384. The molecule has 0 amide bonds. The fraction of sp³-hybridized carbons (Fsp3) is 0.250. The summed E-state index contributed by atoms with van der Waals surface area (Å²) in [5, 5.41) is 2.93. The molecule has 0 N–H and O–H groups in total. The van der Waals surface area contributed by atoms with Crippen molar-refractivity contribution in [3.63, 3.8) is 0 Å². The topological polar surface area (TPSA) is 53.5 Å². The van der Waals surface area contributed by atoms with Gasteiger partial charge in [-0.1, -0.05) is 33.6 Å². The summed E-state index contributed by atoms with van der Waals surface area (Å²) in [6, 6.07) is 11.4. The van der Waals surface area contributed by atoms with Crippen LogP contribution in [0.3, 0.4) is 0 Å². The van der Waals surface area contributed by atoms with Crippen molar-refractivity contribution >= 4 is 54.0 Å². The molecule has 1 fully saturated rings. The van der Waals surface area contributed by atoms with E-state index in [0.717, 1.165) is 20.9 Å². The number of benzene rings is 2. The predicted molar refractivity (Wildman–Crippen MR) is 121 cm³/mol. The molecule has 5 nitrogen and oxygen atoms in total. The van der Waals surface area contributed by atoms with Crippen LogP contribution in [0.1, 0.15) is 11.3 Å². The van der Waals surface area contributed by atoms with Gasteiger partial charge in [-0.2, -0.15) is 4.31 Å². The number of hydrogen-bond donors (Lipinski definition) is 0. The second-order valence-corrected chi connectivity index (χ2v) is 11.0. The number of piperazine rings is 1. The van der Waals surface area contributed by atoms with Crippen molar-refractivity contribution in [1.82, 2.24) is 9.29 Å². The molecular formula is C20H18BrClFN3O2S2. The molecule has 4 rings (SSSR count). The van der Waals surface area contributed by atoms with E-state index in [-0.39, 0.29) is 5.02 Å². The van der Waals surface area contributed by atoms with Gasteiger partial charge in [0.1, 0.15) is 5.82 Å². The highest BCUT2D eigenvalue weighted by Crippen LogP contribution is 2.26. The highest BCUT2D eigenvalue weighted by Gasteiger charge is 2.29. The van der Waals surface area contributed by atoms with Gasteiger partial charge < -0.3 is 4.90 Å². The van der Waals surface area contributed by atoms with Crippen LogP contribution in [0.25, 0.3) is 0 Å². The molecule has 0 aliphatic carbocycles. The standard InChI is InChI=1S/C20H18BrClFN3O2S2/c21-15-2-4-17(5-3-15)30(27,28)26-9-7-25(8-10-26)20-24-16(13-29-20)11-14-1-6-19(23)18(22)12-14/h1-6,12-13H,7-11H2. The Kier molecular flexibility index (Phi) is 6.45. The molecule has 10 heteroatoms. The summed E-state index contributed by atoms with van der Waals surface area (Å²) in [7, 11) is -3.50. The van der Waals surface area contributed by atoms with E-state index in [1.165, 1.54) is 21.7 Å². The molecule has 0 saturated carbocycles. The lowest BCUT2D eigenvalue weighted by atomic mass is 10.1. The Morgan fingerprint density at radius 2 is 1.80 bits per heavy atom. The zero-order valence-electron chi connectivity index (χ0n) is 15.8. The van der Waals surface area contributed by atoms with Crippen LogP contribution in [0.5, 0.6) is 0 Å². The average molecular weight is 531 g/mol. The summed E-state index contributed by atoms with van der Waals surface area (Å²) in [4.78, 5) is 7.07. The van der Waals surface area contributed by atoms with E-state index in [1.807, 2.05) is 5.38 Å². The van der Waals surface area contributed by atoms with E-state index in [0.29, 0.717) is 37.5 Å². The first kappa shape index (κ1) is 21.7. The maximum Gasteiger partial charge on any atom is 0.243 e. The highest BCUT2D eigenvalue weighted by atomic mass is 79.9. The Morgan fingerprint density at radius 1 is 1.10 bits per heavy atom. The maximum atomic E-state index is 13.3. The van der Waals surface area contributed by atoms with Gasteiger partial charge in [0, 0.05) is 42.5 Å². The molecule has 1 saturated heterocycles. The maximum absolute atomic E-state index is 13.3. The average Bonchev–Trinajstić information content (AvgIpc) is 3.20. The van der Waals surface area contributed by atoms with Gasteiger partial charge in [0.05, 0.1) is 15.6 Å². The molecule has 3 aromatic rings. The fourth-order valence-corrected chi connectivity index (χ4v) is 6.03. The van der Waals surface area contributed by atoms with Gasteiger partial charge in [-0.3, -0.25) is 0 Å². The minimum atomic E-state index is -3.50. The van der Waals surface area contributed by atoms with Crippen molar-refractivity contribution in [3.8, 4) is 0 Å². The molecule has 1 aliphatic rings. The Morgan fingerprint density at radius 3 is 2.47 bits per heavy atom. The van der Waals surface area contributed by atoms with Crippen LogP contribution < -0.4 is 4.90 Å². The van der Waals surface area contributed by atoms with E-state index >= 15 is 0 Å². The summed E-state index contributed by atoms with van der Waals surface area (Å²) >= 11 is 10.7. The van der Waals surface area contributed by atoms with Crippen molar-refractivity contribution in [1.29, 1.82) is 0 Å². The molecule has 0 radical (unpaired) electrons. The molecule has 0 bridgehead atoms. The van der Waals surface area contributed by atoms with Gasteiger partial charge in [0.15, 0.2) is 5.13 Å². The lowest BCUT2D eigenvalue weighted by Crippen LogP contribution is -2.48. The van der Waals surface area contributed by atoms with Crippen LogP contribution >= 0.6 is 38.9 Å². The Bertz CT molecular complexity index is 1150. The van der Waals surface area contributed by atoms with Crippen LogP contribution in [-0.2, 0) is 16.4 Å². The molecular weight excluding hydrogens is 513 g/mol. The Balaban J connectivity index is 1.40. The predicted octanol–water partition coefficient (Wildman–Crippen LogP) is 4.80. The highest BCUT2D eigenvalue weighted by molar-refractivity contribution is 9.10. The zero-order valence-corrected chi connectivity index (χ0v) is 19.7. The number of thiazole rings is 1. The van der Waals surface area contributed by atoms with Crippen molar-refractivity contribution in [3.05, 3.63) is 74.4 Å². The van der Waals surface area contributed by atoms with E-state index in [4.69, 9.17) is 11.6 Å². The molecule has 158 valence electrons. The van der Waals surface area contributed by atoms with Gasteiger partial charge in [-0.05, 0) is 42.0 Å². The first-order chi connectivity index (χ1) is 14.3. The number of aromatic nitrogens is 1. The number of rotatable bonds is 5. The third-order valence-corrected chi connectivity index (χ3v) is 8.55. The van der Waals surface area contributed by atoms with Crippen molar-refractivity contribution < 1.29 is 12.8 Å². The zero-order chi connectivity index (χ0) is 21.3. The van der Waals surface area contributed by atoms with Gasteiger partial charge in [0.25, 0.3) is 0 Å². The smallest absolute Gasteiger partial charge is 0.243 e. The molecule has 2 aromatic carbocycles. The first-order valence-corrected chi connectivity index (χ1v) is 12.7. The van der Waals surface area contributed by atoms with E-state index in [1.54, 1.807) is 36.4 Å². The minimum absolute atomic E-state index is 0.103. The first-order valence-electron chi connectivity index (χ1n) is 9.22. The monoisotopic (exact) mass is 529 g/mol. The van der Waals surface area contributed by atoms with Crippen molar-refractivity contribution in [2.75, 3.05) is 31.1 Å². The van der Waals surface area contributed by atoms with Crippen molar-refractivity contribution in [2.24, 2.45) is 0 Å². The Hall–Kier alpha value is -1.52. The number of anilines is 1. The number of hydrogen-bond acceptors (Lipinski definition) is 5. The number of halogens is 3. The molecule has 1 aliphatic heterocycles. The van der Waals surface area contributed by atoms with Crippen LogP contribution in [-0.4, -0.2) is 43.9 Å². The SMILES string of the molecule is O=S(=O)(c1ccc(Br)cc1)N1CCN(c2nc(Cc3ccc(F)c(Cl)c3)cs2)CC1. The largest absolute Gasteiger partial charge is 0.345 e. The molecule has 0 unspecified atom stereocenters. The number of nitrogens with zero attached hydrogens (tertiary/aromatic N) is 3.